The molecular weight excluding hydrogens is 512 g/mol. The molecule has 2 heterocycles. The maximum Gasteiger partial charge on any atom is 0.262 e. The van der Waals surface area contributed by atoms with Crippen LogP contribution in [0.4, 0.5) is 14.6 Å². The van der Waals surface area contributed by atoms with Crippen molar-refractivity contribution in [2.45, 2.75) is 25.8 Å². The molecule has 5 aromatic rings. The van der Waals surface area contributed by atoms with Gasteiger partial charge in [-0.2, -0.15) is 0 Å². The summed E-state index contributed by atoms with van der Waals surface area (Å²) in [6.45, 7) is 1.77. The fraction of sp³-hybridized carbons (Fsp3) is 0.156. The van der Waals surface area contributed by atoms with E-state index in [0.29, 0.717) is 33.5 Å². The van der Waals surface area contributed by atoms with Crippen molar-refractivity contribution < 1.29 is 22.8 Å². The van der Waals surface area contributed by atoms with Crippen LogP contribution < -0.4 is 10.2 Å². The van der Waals surface area contributed by atoms with Gasteiger partial charge >= 0.3 is 0 Å². The monoisotopic (exact) mass is 537 g/mol. The van der Waals surface area contributed by atoms with Gasteiger partial charge in [-0.15, -0.1) is 0 Å². The summed E-state index contributed by atoms with van der Waals surface area (Å²) in [5, 5.41) is 3.10. The van der Waals surface area contributed by atoms with Crippen LogP contribution in [0.1, 0.15) is 39.1 Å². The molecule has 1 fully saturated rings. The molecular formula is C32H25F2N3O3. The van der Waals surface area contributed by atoms with Crippen molar-refractivity contribution in [3.63, 3.8) is 0 Å². The molecule has 0 spiro atoms. The number of rotatable bonds is 6. The van der Waals surface area contributed by atoms with Crippen LogP contribution in [-0.4, -0.2) is 29.9 Å². The third-order valence-corrected chi connectivity index (χ3v) is 7.14. The summed E-state index contributed by atoms with van der Waals surface area (Å²) in [4.78, 5) is 32.5. The van der Waals surface area contributed by atoms with Gasteiger partial charge in [0.2, 0.25) is 0 Å². The summed E-state index contributed by atoms with van der Waals surface area (Å²) < 4.78 is 35.8. The van der Waals surface area contributed by atoms with Crippen molar-refractivity contribution in [1.29, 1.82) is 0 Å². The smallest absolute Gasteiger partial charge is 0.262 e. The predicted octanol–water partition coefficient (Wildman–Crippen LogP) is 6.92. The molecule has 0 atom stereocenters. The lowest BCUT2D eigenvalue weighted by Crippen LogP contribution is -2.34. The van der Waals surface area contributed by atoms with Gasteiger partial charge in [0.1, 0.15) is 28.8 Å². The largest absolute Gasteiger partial charge is 0.455 e. The molecule has 8 heteroatoms. The highest BCUT2D eigenvalue weighted by Gasteiger charge is 2.36. The van der Waals surface area contributed by atoms with Crippen LogP contribution in [0.3, 0.4) is 0 Å². The van der Waals surface area contributed by atoms with E-state index in [9.17, 15) is 14.0 Å². The second kappa shape index (κ2) is 10.0. The average Bonchev–Trinajstić information content (AvgIpc) is 3.72. The van der Waals surface area contributed by atoms with E-state index in [4.69, 9.17) is 4.42 Å². The number of hydrogen-bond donors (Lipinski definition) is 1. The van der Waals surface area contributed by atoms with Crippen molar-refractivity contribution in [1.82, 2.24) is 10.3 Å². The fourth-order valence-electron chi connectivity index (χ4n) is 5.02. The zero-order chi connectivity index (χ0) is 28.0. The van der Waals surface area contributed by atoms with Crippen molar-refractivity contribution in [3.8, 4) is 22.5 Å². The first-order valence-corrected chi connectivity index (χ1v) is 13.0. The Bertz CT molecular complexity index is 1760. The number of nitrogens with one attached hydrogen (secondary N) is 1. The lowest BCUT2D eigenvalue weighted by Gasteiger charge is -2.22. The molecule has 40 heavy (non-hydrogen) atoms. The van der Waals surface area contributed by atoms with Gasteiger partial charge in [0, 0.05) is 35.8 Å². The second-order valence-electron chi connectivity index (χ2n) is 9.82. The molecule has 1 aliphatic rings. The summed E-state index contributed by atoms with van der Waals surface area (Å²) in [5.74, 6) is -1.13. The van der Waals surface area contributed by atoms with E-state index in [1.54, 1.807) is 60.5 Å². The van der Waals surface area contributed by atoms with Crippen LogP contribution in [0.15, 0.2) is 83.4 Å². The van der Waals surface area contributed by atoms with Gasteiger partial charge in [0.25, 0.3) is 11.8 Å². The first-order chi connectivity index (χ1) is 19.4. The highest BCUT2D eigenvalue weighted by molar-refractivity contribution is 6.12. The lowest BCUT2D eigenvalue weighted by atomic mass is 9.94. The predicted molar refractivity (Wildman–Crippen MR) is 149 cm³/mol. The maximum atomic E-state index is 16.3. The van der Waals surface area contributed by atoms with Crippen LogP contribution in [-0.2, 0) is 0 Å². The Morgan fingerprint density at radius 3 is 2.40 bits per heavy atom. The molecule has 6 nitrogen and oxygen atoms in total. The molecule has 0 bridgehead atoms. The summed E-state index contributed by atoms with van der Waals surface area (Å²) >= 11 is 0. The van der Waals surface area contributed by atoms with Crippen LogP contribution in [0, 0.1) is 18.6 Å². The Kier molecular flexibility index (Phi) is 6.38. The fourth-order valence-corrected chi connectivity index (χ4v) is 5.02. The topological polar surface area (TPSA) is 75.4 Å². The van der Waals surface area contributed by atoms with Gasteiger partial charge in [0.15, 0.2) is 0 Å². The molecule has 1 N–H and O–H groups in total. The SMILES string of the molecule is CNC(=O)c1c(-c2ccc(F)cc2)oc2ccc(-c3c(C)ccc(C(=O)N(c4ccccn4)C4CC4)c3F)cc12. The van der Waals surface area contributed by atoms with Crippen molar-refractivity contribution in [2.24, 2.45) is 0 Å². The first-order valence-electron chi connectivity index (χ1n) is 13.0. The molecule has 1 saturated carbocycles. The highest BCUT2D eigenvalue weighted by atomic mass is 19.1. The van der Waals surface area contributed by atoms with E-state index in [0.717, 1.165) is 12.8 Å². The first kappa shape index (κ1) is 25.4. The summed E-state index contributed by atoms with van der Waals surface area (Å²) in [6, 6.07) is 19.2. The maximum absolute atomic E-state index is 16.3. The second-order valence-corrected chi connectivity index (χ2v) is 9.82. The quantitative estimate of drug-likeness (QED) is 0.255. The zero-order valence-corrected chi connectivity index (χ0v) is 21.9. The average molecular weight is 538 g/mol. The molecule has 6 rings (SSSR count). The Morgan fingerprint density at radius 1 is 0.975 bits per heavy atom. The third-order valence-electron chi connectivity index (χ3n) is 7.14. The minimum Gasteiger partial charge on any atom is -0.455 e. The number of aryl methyl sites for hydroxylation is 1. The molecule has 0 saturated heterocycles. The number of fused-ring (bicyclic) bond motifs is 1. The van der Waals surface area contributed by atoms with Crippen molar-refractivity contribution >= 4 is 28.6 Å². The van der Waals surface area contributed by atoms with Crippen LogP contribution in [0.5, 0.6) is 0 Å². The molecule has 0 unspecified atom stereocenters. The van der Waals surface area contributed by atoms with Gasteiger partial charge in [0.05, 0.1) is 11.1 Å². The number of pyridine rings is 1. The molecule has 0 aliphatic heterocycles. The summed E-state index contributed by atoms with van der Waals surface area (Å²) in [7, 11) is 1.51. The number of benzene rings is 3. The minimum atomic E-state index is -0.644. The molecule has 2 aromatic heterocycles. The van der Waals surface area contributed by atoms with Gasteiger partial charge in [-0.25, -0.2) is 13.8 Å². The van der Waals surface area contributed by atoms with Gasteiger partial charge in [-0.05, 0) is 85.5 Å². The van der Waals surface area contributed by atoms with Crippen LogP contribution >= 0.6 is 0 Å². The number of nitrogens with zero attached hydrogens (tertiary/aromatic N) is 2. The van der Waals surface area contributed by atoms with E-state index >= 15 is 4.39 Å². The Morgan fingerprint density at radius 2 is 1.73 bits per heavy atom. The van der Waals surface area contributed by atoms with E-state index in [1.165, 1.54) is 37.4 Å². The zero-order valence-electron chi connectivity index (χ0n) is 21.9. The number of amides is 2. The Labute approximate surface area is 229 Å². The lowest BCUT2D eigenvalue weighted by molar-refractivity contribution is 0.0961. The highest BCUT2D eigenvalue weighted by Crippen LogP contribution is 2.39. The third kappa shape index (κ3) is 4.41. The number of aromatic nitrogens is 1. The normalized spacial score (nSPS) is 12.9. The Hall–Kier alpha value is -4.85. The summed E-state index contributed by atoms with van der Waals surface area (Å²) in [6.07, 6.45) is 3.27. The number of furan rings is 1. The van der Waals surface area contributed by atoms with Gasteiger partial charge in [-0.1, -0.05) is 18.2 Å². The van der Waals surface area contributed by atoms with E-state index in [-0.39, 0.29) is 28.5 Å². The Balaban J connectivity index is 1.48. The standard InChI is InChI=1S/C32H25F2N3O3/c1-18-6-14-23(32(39)37(22-12-13-22)26-5-3-4-16-36-26)29(34)27(18)20-9-15-25-24(17-20)28(31(38)35-2)30(40-25)19-7-10-21(33)11-8-19/h3-11,14-17,22H,12-13H2,1-2H3,(H,35,38). The molecule has 3 aromatic carbocycles. The molecule has 200 valence electrons. The van der Waals surface area contributed by atoms with E-state index < -0.39 is 23.4 Å². The number of hydrogen-bond acceptors (Lipinski definition) is 4. The molecule has 1 aliphatic carbocycles. The number of anilines is 1. The van der Waals surface area contributed by atoms with Crippen LogP contribution in [0.2, 0.25) is 0 Å². The number of halogens is 2. The minimum absolute atomic E-state index is 0.0196. The van der Waals surface area contributed by atoms with E-state index in [1.807, 2.05) is 0 Å². The van der Waals surface area contributed by atoms with Crippen LogP contribution in [0.25, 0.3) is 33.4 Å². The number of carbonyl (C=O) groups is 2. The van der Waals surface area contributed by atoms with Crippen molar-refractivity contribution in [2.75, 3.05) is 11.9 Å². The van der Waals surface area contributed by atoms with E-state index in [2.05, 4.69) is 10.3 Å². The molecule has 2 amide bonds. The number of carbonyl (C=O) groups excluding carboxylic acids is 2. The molecule has 0 radical (unpaired) electrons. The van der Waals surface area contributed by atoms with Crippen molar-refractivity contribution in [3.05, 3.63) is 107 Å². The summed E-state index contributed by atoms with van der Waals surface area (Å²) in [5.41, 5.74) is 2.54. The van der Waals surface area contributed by atoms with Gasteiger partial charge < -0.3 is 9.73 Å². The van der Waals surface area contributed by atoms with Gasteiger partial charge in [-0.3, -0.25) is 14.5 Å².